The summed E-state index contributed by atoms with van der Waals surface area (Å²) in [4.78, 5) is 2.35. The maximum atomic E-state index is 7.10. The van der Waals surface area contributed by atoms with E-state index >= 15 is 0 Å². The van der Waals surface area contributed by atoms with Crippen LogP contribution >= 0.6 is 0 Å². The number of anilines is 2. The quantitative estimate of drug-likeness (QED) is 0.314. The van der Waals surface area contributed by atoms with Gasteiger partial charge in [0.25, 0.3) is 11.6 Å². The molecule has 7 rings (SSSR count). The highest BCUT2D eigenvalue weighted by molar-refractivity contribution is 5.96. The lowest BCUT2D eigenvalue weighted by Crippen LogP contribution is -2.80. The third-order valence-electron chi connectivity index (χ3n) is 9.67. The maximum Gasteiger partial charge on any atom is 0.590 e. The largest absolute Gasteiger partial charge is 0.590 e. The fourth-order valence-corrected chi connectivity index (χ4v) is 7.09. The van der Waals surface area contributed by atoms with Gasteiger partial charge in [-0.2, -0.15) is 4.90 Å². The molecule has 2 aromatic carbocycles. The molecule has 0 saturated heterocycles. The van der Waals surface area contributed by atoms with Crippen LogP contribution in [0.2, 0.25) is 0 Å². The fraction of sp³-hybridized carbons (Fsp3) is 0.400. The van der Waals surface area contributed by atoms with E-state index in [1.807, 2.05) is 0 Å². The second-order valence-electron chi connectivity index (χ2n) is 11.0. The Bertz CT molecular complexity index is 1630. The average molecular weight is 468 g/mol. The number of hydrogen-bond acceptors (Lipinski definition) is 3. The van der Waals surface area contributed by atoms with Crippen LogP contribution in [0.5, 0.6) is 11.5 Å². The van der Waals surface area contributed by atoms with Gasteiger partial charge in [-0.15, -0.1) is 9.13 Å². The Hall–Kier alpha value is -3.34. The highest BCUT2D eigenvalue weighted by Gasteiger charge is 2.68. The third kappa shape index (κ3) is 1.92. The molecule has 4 aromatic rings. The van der Waals surface area contributed by atoms with E-state index in [1.54, 1.807) is 0 Å². The lowest BCUT2D eigenvalue weighted by molar-refractivity contribution is -1.03. The Labute approximate surface area is 206 Å². The fourth-order valence-electron chi connectivity index (χ4n) is 7.09. The molecule has 0 N–H and O–H groups in total. The minimum atomic E-state index is -1.11. The third-order valence-corrected chi connectivity index (χ3v) is 9.67. The molecule has 178 valence electrons. The van der Waals surface area contributed by atoms with E-state index in [0.717, 1.165) is 34.2 Å². The summed E-state index contributed by atoms with van der Waals surface area (Å²) >= 11 is 0. The Morgan fingerprint density at radius 2 is 0.829 bits per heavy atom. The smallest absolute Gasteiger partial charge is 0.376 e. The normalized spacial score (nSPS) is 15.9. The van der Waals surface area contributed by atoms with Crippen LogP contribution in [0, 0.1) is 69.2 Å². The molecule has 3 aliphatic heterocycles. The summed E-state index contributed by atoms with van der Waals surface area (Å²) in [6, 6.07) is -1.11. The number of pyridine rings is 2. The lowest BCUT2D eigenvalue weighted by Gasteiger charge is -2.30. The van der Waals surface area contributed by atoms with E-state index in [0.29, 0.717) is 0 Å². The number of aryl methyl sites for hydroxylation is 4. The van der Waals surface area contributed by atoms with Crippen molar-refractivity contribution in [2.24, 2.45) is 0 Å². The lowest BCUT2D eigenvalue weighted by atomic mass is 9.92. The van der Waals surface area contributed by atoms with Crippen LogP contribution in [0.25, 0.3) is 21.8 Å². The van der Waals surface area contributed by atoms with E-state index in [-0.39, 0.29) is 0 Å². The monoisotopic (exact) mass is 467 g/mol. The molecule has 5 heterocycles. The highest BCUT2D eigenvalue weighted by atomic mass is 16.8. The zero-order valence-electron chi connectivity index (χ0n) is 22.7. The van der Waals surface area contributed by atoms with Gasteiger partial charge in [-0.3, -0.25) is 0 Å². The van der Waals surface area contributed by atoms with Gasteiger partial charge in [-0.25, -0.2) is 0 Å². The van der Waals surface area contributed by atoms with Crippen molar-refractivity contribution in [3.8, 4) is 11.5 Å². The molecule has 0 atom stereocenters. The molecular formula is C30H33N3O2+2. The van der Waals surface area contributed by atoms with Gasteiger partial charge >= 0.3 is 6.03 Å². The van der Waals surface area contributed by atoms with Crippen molar-refractivity contribution in [1.82, 2.24) is 0 Å². The van der Waals surface area contributed by atoms with Crippen LogP contribution in [0.1, 0.15) is 55.6 Å². The van der Waals surface area contributed by atoms with Crippen LogP contribution in [0.3, 0.4) is 0 Å². The van der Waals surface area contributed by atoms with Crippen LogP contribution < -0.4 is 23.5 Å². The molecule has 0 saturated carbocycles. The summed E-state index contributed by atoms with van der Waals surface area (Å²) in [5.41, 5.74) is 15.0. The van der Waals surface area contributed by atoms with Crippen LogP contribution in [0.15, 0.2) is 0 Å². The first kappa shape index (κ1) is 21.0. The predicted molar refractivity (Wildman–Crippen MR) is 138 cm³/mol. The second kappa shape index (κ2) is 5.89. The van der Waals surface area contributed by atoms with Crippen molar-refractivity contribution in [1.29, 1.82) is 0 Å². The summed E-state index contributed by atoms with van der Waals surface area (Å²) in [6.45, 7) is 22.2. The first-order valence-corrected chi connectivity index (χ1v) is 12.6. The van der Waals surface area contributed by atoms with Crippen LogP contribution in [-0.2, 0) is 6.03 Å². The molecular weight excluding hydrogens is 434 g/mol. The minimum absolute atomic E-state index is 0.937. The zero-order chi connectivity index (χ0) is 25.0. The Morgan fingerprint density at radius 3 is 1.20 bits per heavy atom. The second-order valence-corrected chi connectivity index (χ2v) is 11.0. The zero-order valence-corrected chi connectivity index (χ0v) is 22.7. The summed E-state index contributed by atoms with van der Waals surface area (Å²) in [6.07, 6.45) is 0. The molecule has 5 heteroatoms. The standard InChI is InChI=1S/C30H33N3O2/c1-12-14(3)22-16(5)20(9)28-31(11)29-21(10)17(6)23-15(4)13(2)19(8)27-25(23)33(29)30(35-27)32(28)24(22)26(34-30)18(12)7/h1-11H3/q+2. The van der Waals surface area contributed by atoms with Gasteiger partial charge in [0.1, 0.15) is 0 Å². The molecule has 0 amide bonds. The van der Waals surface area contributed by atoms with Crippen molar-refractivity contribution in [2.75, 3.05) is 11.9 Å². The molecule has 5 nitrogen and oxygen atoms in total. The summed E-state index contributed by atoms with van der Waals surface area (Å²) in [5, 5.41) is 2.56. The van der Waals surface area contributed by atoms with Crippen LogP contribution in [-0.4, -0.2) is 7.05 Å². The Kier molecular flexibility index (Phi) is 3.53. The molecule has 0 fully saturated rings. The van der Waals surface area contributed by atoms with Crippen LogP contribution in [0.4, 0.5) is 11.6 Å². The summed E-state index contributed by atoms with van der Waals surface area (Å²) < 4.78 is 18.9. The van der Waals surface area contributed by atoms with E-state index < -0.39 is 6.03 Å². The number of ether oxygens (including phenoxy) is 2. The SMILES string of the molecule is Cc1c(C)c2c3c(c1C)c(C)c(C)c1[n+]3C3(O2)Oc2c(C)c(C)c(C)c4c(C)c(C)c([n+]3c24)N1C. The molecule has 0 aliphatic carbocycles. The number of rotatable bonds is 0. The molecule has 3 aliphatic rings. The molecule has 1 spiro atoms. The van der Waals surface area contributed by atoms with Gasteiger partial charge in [-0.1, -0.05) is 0 Å². The Balaban J connectivity index is 1.79. The summed E-state index contributed by atoms with van der Waals surface area (Å²) in [7, 11) is 2.19. The van der Waals surface area contributed by atoms with Crippen molar-refractivity contribution in [2.45, 2.75) is 75.3 Å². The van der Waals surface area contributed by atoms with Gasteiger partial charge in [0.15, 0.2) is 22.5 Å². The average Bonchev–Trinajstić information content (AvgIpc) is 3.33. The number of benzene rings is 2. The van der Waals surface area contributed by atoms with E-state index in [4.69, 9.17) is 9.47 Å². The molecule has 0 unspecified atom stereocenters. The summed E-state index contributed by atoms with van der Waals surface area (Å²) in [5.74, 6) is 4.15. The Morgan fingerprint density at radius 1 is 0.486 bits per heavy atom. The minimum Gasteiger partial charge on any atom is -0.376 e. The predicted octanol–water partition coefficient (Wildman–Crippen LogP) is 5.63. The van der Waals surface area contributed by atoms with Gasteiger partial charge in [0.05, 0.1) is 7.05 Å². The number of hydrogen-bond donors (Lipinski definition) is 0. The van der Waals surface area contributed by atoms with E-state index in [9.17, 15) is 0 Å². The molecule has 35 heavy (non-hydrogen) atoms. The van der Waals surface area contributed by atoms with Crippen molar-refractivity contribution in [3.63, 3.8) is 0 Å². The van der Waals surface area contributed by atoms with Gasteiger partial charge in [0, 0.05) is 21.9 Å². The first-order chi connectivity index (χ1) is 16.5. The van der Waals surface area contributed by atoms with E-state index in [1.165, 1.54) is 66.4 Å². The van der Waals surface area contributed by atoms with Crippen molar-refractivity contribution in [3.05, 3.63) is 55.6 Å². The van der Waals surface area contributed by atoms with E-state index in [2.05, 4.69) is 90.3 Å². The topological polar surface area (TPSA) is 29.5 Å². The molecule has 0 bridgehead atoms. The molecule has 0 radical (unpaired) electrons. The van der Waals surface area contributed by atoms with Gasteiger partial charge in [0.2, 0.25) is 0 Å². The highest BCUT2D eigenvalue weighted by Crippen LogP contribution is 2.52. The van der Waals surface area contributed by atoms with Gasteiger partial charge in [-0.05, 0) is 114 Å². The molecule has 2 aromatic heterocycles. The number of aromatic nitrogens is 2. The van der Waals surface area contributed by atoms with Gasteiger partial charge < -0.3 is 9.47 Å². The first-order valence-electron chi connectivity index (χ1n) is 12.6. The van der Waals surface area contributed by atoms with Crippen molar-refractivity contribution < 1.29 is 18.6 Å². The maximum absolute atomic E-state index is 7.10. The number of nitrogens with zero attached hydrogens (tertiary/aromatic N) is 3. The van der Waals surface area contributed by atoms with Crippen molar-refractivity contribution >= 4 is 33.4 Å².